The van der Waals surface area contributed by atoms with Crippen molar-refractivity contribution >= 4 is 29.9 Å². The third kappa shape index (κ3) is 5.21. The van der Waals surface area contributed by atoms with Crippen LogP contribution in [-0.4, -0.2) is 63.5 Å². The fraction of sp³-hybridized carbons (Fsp3) is 0.944. The van der Waals surface area contributed by atoms with E-state index in [4.69, 9.17) is 9.47 Å². The van der Waals surface area contributed by atoms with Gasteiger partial charge in [0.1, 0.15) is 0 Å². The van der Waals surface area contributed by atoms with Gasteiger partial charge in [0.25, 0.3) is 0 Å². The minimum absolute atomic E-state index is 0. The van der Waals surface area contributed by atoms with E-state index in [1.54, 1.807) is 7.11 Å². The van der Waals surface area contributed by atoms with Crippen LogP contribution in [0.5, 0.6) is 0 Å². The van der Waals surface area contributed by atoms with Gasteiger partial charge < -0.3 is 19.7 Å². The molecule has 1 N–H and O–H groups in total. The molecule has 5 nitrogen and oxygen atoms in total. The van der Waals surface area contributed by atoms with Gasteiger partial charge in [0.2, 0.25) is 0 Å². The van der Waals surface area contributed by atoms with E-state index >= 15 is 0 Å². The SMILES string of the molecule is CCCCOC1CC(NC(=NC)N2CCC(COC)C2)C1(C)C.I. The molecule has 1 saturated carbocycles. The smallest absolute Gasteiger partial charge is 0.193 e. The van der Waals surface area contributed by atoms with Crippen LogP contribution in [0.15, 0.2) is 4.99 Å². The van der Waals surface area contributed by atoms with Crippen LogP contribution in [0.3, 0.4) is 0 Å². The molecular weight excluding hydrogens is 417 g/mol. The van der Waals surface area contributed by atoms with E-state index in [1.807, 2.05) is 7.05 Å². The highest BCUT2D eigenvalue weighted by Crippen LogP contribution is 2.43. The summed E-state index contributed by atoms with van der Waals surface area (Å²) in [6.07, 6.45) is 4.97. The van der Waals surface area contributed by atoms with Crippen molar-refractivity contribution in [2.45, 2.75) is 58.6 Å². The molecule has 0 aromatic rings. The van der Waals surface area contributed by atoms with Gasteiger partial charge in [-0.2, -0.15) is 0 Å². The van der Waals surface area contributed by atoms with E-state index in [-0.39, 0.29) is 29.4 Å². The molecule has 1 aliphatic carbocycles. The van der Waals surface area contributed by atoms with Gasteiger partial charge in [-0.3, -0.25) is 4.99 Å². The summed E-state index contributed by atoms with van der Waals surface area (Å²) in [5.74, 6) is 1.66. The Hall–Kier alpha value is -0.0800. The summed E-state index contributed by atoms with van der Waals surface area (Å²) >= 11 is 0. The molecule has 0 amide bonds. The lowest BCUT2D eigenvalue weighted by Gasteiger charge is -2.52. The van der Waals surface area contributed by atoms with Crippen molar-refractivity contribution in [1.29, 1.82) is 0 Å². The quantitative estimate of drug-likeness (QED) is 0.279. The Kier molecular flexibility index (Phi) is 9.30. The number of hydrogen-bond donors (Lipinski definition) is 1. The molecule has 3 atom stereocenters. The number of ether oxygens (including phenoxy) is 2. The van der Waals surface area contributed by atoms with Gasteiger partial charge in [0.15, 0.2) is 5.96 Å². The van der Waals surface area contributed by atoms with Crippen molar-refractivity contribution < 1.29 is 9.47 Å². The predicted octanol–water partition coefficient (Wildman–Crippen LogP) is 3.13. The number of halogens is 1. The molecule has 0 bridgehead atoms. The lowest BCUT2D eigenvalue weighted by atomic mass is 9.64. The Labute approximate surface area is 165 Å². The molecule has 0 aromatic carbocycles. The van der Waals surface area contributed by atoms with Crippen LogP contribution in [-0.2, 0) is 9.47 Å². The third-order valence-electron chi connectivity index (χ3n) is 5.50. The molecule has 3 unspecified atom stereocenters. The second kappa shape index (κ2) is 10.2. The Morgan fingerprint density at radius 1 is 1.38 bits per heavy atom. The molecule has 24 heavy (non-hydrogen) atoms. The van der Waals surface area contributed by atoms with E-state index in [2.05, 4.69) is 36.0 Å². The first-order valence-corrected chi connectivity index (χ1v) is 9.11. The summed E-state index contributed by atoms with van der Waals surface area (Å²) in [5, 5.41) is 3.67. The standard InChI is InChI=1S/C18H35N3O2.HI/c1-6-7-10-23-16-11-15(18(16,2)3)20-17(19-4)21-9-8-14(12-21)13-22-5;/h14-16H,6-13H2,1-5H3,(H,19,20);1H. The van der Waals surface area contributed by atoms with Gasteiger partial charge in [-0.15, -0.1) is 24.0 Å². The molecule has 0 aromatic heterocycles. The molecule has 1 aliphatic heterocycles. The summed E-state index contributed by atoms with van der Waals surface area (Å²) in [4.78, 5) is 6.87. The molecule has 1 saturated heterocycles. The number of nitrogens with one attached hydrogen (secondary N) is 1. The number of hydrogen-bond acceptors (Lipinski definition) is 3. The average Bonchev–Trinajstić information content (AvgIpc) is 2.98. The molecule has 2 rings (SSSR count). The van der Waals surface area contributed by atoms with Crippen LogP contribution >= 0.6 is 24.0 Å². The zero-order chi connectivity index (χ0) is 16.9. The number of likely N-dealkylation sites (tertiary alicyclic amines) is 1. The first-order valence-electron chi connectivity index (χ1n) is 9.11. The highest BCUT2D eigenvalue weighted by Gasteiger charge is 2.49. The van der Waals surface area contributed by atoms with Crippen LogP contribution in [0.2, 0.25) is 0 Å². The zero-order valence-corrected chi connectivity index (χ0v) is 18.3. The Morgan fingerprint density at radius 3 is 2.71 bits per heavy atom. The van der Waals surface area contributed by atoms with E-state index in [0.29, 0.717) is 18.1 Å². The van der Waals surface area contributed by atoms with Crippen LogP contribution in [0, 0.1) is 11.3 Å². The highest BCUT2D eigenvalue weighted by atomic mass is 127. The lowest BCUT2D eigenvalue weighted by Crippen LogP contribution is -2.63. The first kappa shape index (κ1) is 22.0. The normalized spacial score (nSPS) is 29.1. The van der Waals surface area contributed by atoms with Crippen molar-refractivity contribution in [3.63, 3.8) is 0 Å². The molecular formula is C18H36IN3O2. The first-order chi connectivity index (χ1) is 11.0. The van der Waals surface area contributed by atoms with Gasteiger partial charge >= 0.3 is 0 Å². The monoisotopic (exact) mass is 453 g/mol. The topological polar surface area (TPSA) is 46.1 Å². The van der Waals surface area contributed by atoms with Crippen molar-refractivity contribution in [3.05, 3.63) is 0 Å². The lowest BCUT2D eigenvalue weighted by molar-refractivity contribution is -0.114. The summed E-state index contributed by atoms with van der Waals surface area (Å²) in [6, 6.07) is 0.439. The molecule has 1 heterocycles. The van der Waals surface area contributed by atoms with Crippen molar-refractivity contribution in [2.24, 2.45) is 16.3 Å². The maximum atomic E-state index is 6.04. The van der Waals surface area contributed by atoms with Gasteiger partial charge in [-0.1, -0.05) is 27.2 Å². The van der Waals surface area contributed by atoms with Gasteiger partial charge in [0.05, 0.1) is 12.7 Å². The van der Waals surface area contributed by atoms with Gasteiger partial charge in [0, 0.05) is 51.2 Å². The third-order valence-corrected chi connectivity index (χ3v) is 5.50. The van der Waals surface area contributed by atoms with E-state index in [9.17, 15) is 0 Å². The fourth-order valence-electron chi connectivity index (χ4n) is 3.63. The predicted molar refractivity (Wildman–Crippen MR) is 110 cm³/mol. The number of rotatable bonds is 7. The molecule has 0 spiro atoms. The summed E-state index contributed by atoms with van der Waals surface area (Å²) in [5.41, 5.74) is 0.162. The van der Waals surface area contributed by atoms with E-state index in [0.717, 1.165) is 45.1 Å². The second-order valence-corrected chi connectivity index (χ2v) is 7.57. The van der Waals surface area contributed by atoms with Crippen LogP contribution < -0.4 is 5.32 Å². The maximum absolute atomic E-state index is 6.04. The van der Waals surface area contributed by atoms with Gasteiger partial charge in [-0.25, -0.2) is 0 Å². The molecule has 142 valence electrons. The fourth-order valence-corrected chi connectivity index (χ4v) is 3.63. The number of methoxy groups -OCH3 is 1. The maximum Gasteiger partial charge on any atom is 0.193 e. The average molecular weight is 453 g/mol. The second-order valence-electron chi connectivity index (χ2n) is 7.57. The minimum Gasteiger partial charge on any atom is -0.384 e. The largest absolute Gasteiger partial charge is 0.384 e. The van der Waals surface area contributed by atoms with Crippen molar-refractivity contribution in [2.75, 3.05) is 40.5 Å². The summed E-state index contributed by atoms with van der Waals surface area (Å²) < 4.78 is 11.3. The van der Waals surface area contributed by atoms with Crippen LogP contribution in [0.1, 0.15) is 46.5 Å². The Morgan fingerprint density at radius 2 is 2.12 bits per heavy atom. The molecule has 2 aliphatic rings. The molecule has 2 fully saturated rings. The Bertz CT molecular complexity index is 404. The van der Waals surface area contributed by atoms with Crippen molar-refractivity contribution in [1.82, 2.24) is 10.2 Å². The zero-order valence-electron chi connectivity index (χ0n) is 16.0. The number of nitrogens with zero attached hydrogens (tertiary/aromatic N) is 2. The summed E-state index contributed by atoms with van der Waals surface area (Å²) in [7, 11) is 3.66. The molecule has 0 radical (unpaired) electrons. The van der Waals surface area contributed by atoms with Crippen LogP contribution in [0.4, 0.5) is 0 Å². The van der Waals surface area contributed by atoms with Gasteiger partial charge in [-0.05, 0) is 19.3 Å². The van der Waals surface area contributed by atoms with Crippen molar-refractivity contribution in [3.8, 4) is 0 Å². The minimum atomic E-state index is 0. The number of guanidine groups is 1. The highest BCUT2D eigenvalue weighted by molar-refractivity contribution is 14.0. The van der Waals surface area contributed by atoms with Crippen LogP contribution in [0.25, 0.3) is 0 Å². The molecule has 6 heteroatoms. The number of aliphatic imine (C=N–C) groups is 1. The summed E-state index contributed by atoms with van der Waals surface area (Å²) in [6.45, 7) is 10.6. The number of unbranched alkanes of at least 4 members (excludes halogenated alkanes) is 1. The van der Waals surface area contributed by atoms with E-state index < -0.39 is 0 Å². The van der Waals surface area contributed by atoms with E-state index in [1.165, 1.54) is 12.8 Å². The Balaban J connectivity index is 0.00000288.